The summed E-state index contributed by atoms with van der Waals surface area (Å²) < 4.78 is 5.65. The zero-order chi connectivity index (χ0) is 12.1. The van der Waals surface area contributed by atoms with Crippen LogP contribution in [-0.4, -0.2) is 4.98 Å². The monoisotopic (exact) mass is 267 g/mol. The van der Waals surface area contributed by atoms with Crippen molar-refractivity contribution in [1.82, 2.24) is 4.98 Å². The van der Waals surface area contributed by atoms with Crippen LogP contribution >= 0.6 is 22.9 Å². The highest BCUT2D eigenvalue weighted by molar-refractivity contribution is 7.09. The number of hydrogen-bond donors (Lipinski definition) is 0. The number of aryl methyl sites for hydroxylation is 1. The summed E-state index contributed by atoms with van der Waals surface area (Å²) in [5, 5.41) is 2.92. The lowest BCUT2D eigenvalue weighted by molar-refractivity contribution is 0.305. The molecule has 1 aromatic heterocycles. The second-order valence-electron chi connectivity index (χ2n) is 3.65. The minimum Gasteiger partial charge on any atom is -0.486 e. The number of benzene rings is 1. The van der Waals surface area contributed by atoms with E-state index >= 15 is 0 Å². The highest BCUT2D eigenvalue weighted by Gasteiger charge is 2.02. The predicted molar refractivity (Wildman–Crippen MR) is 71.8 cm³/mol. The van der Waals surface area contributed by atoms with E-state index in [1.54, 1.807) is 11.3 Å². The standard InChI is InChI=1S/C13H14ClNOS/c1-2-10-3-5-12(6-4-10)16-8-13-15-11(7-14)9-17-13/h3-6,9H,2,7-8H2,1H3. The molecular formula is C13H14ClNOS. The molecule has 90 valence electrons. The lowest BCUT2D eigenvalue weighted by Crippen LogP contribution is -1.95. The summed E-state index contributed by atoms with van der Waals surface area (Å²) in [5.41, 5.74) is 2.23. The summed E-state index contributed by atoms with van der Waals surface area (Å²) in [5.74, 6) is 1.34. The maximum Gasteiger partial charge on any atom is 0.140 e. The van der Waals surface area contributed by atoms with E-state index in [1.165, 1.54) is 5.56 Å². The first kappa shape index (κ1) is 12.4. The van der Waals surface area contributed by atoms with E-state index in [4.69, 9.17) is 16.3 Å². The smallest absolute Gasteiger partial charge is 0.140 e. The van der Waals surface area contributed by atoms with Crippen LogP contribution in [0.15, 0.2) is 29.6 Å². The number of aromatic nitrogens is 1. The van der Waals surface area contributed by atoms with E-state index in [1.807, 2.05) is 17.5 Å². The van der Waals surface area contributed by atoms with Gasteiger partial charge in [0.05, 0.1) is 11.6 Å². The van der Waals surface area contributed by atoms with Crippen LogP contribution in [0.2, 0.25) is 0 Å². The third-order valence-electron chi connectivity index (χ3n) is 2.43. The van der Waals surface area contributed by atoms with Crippen LogP contribution in [0.1, 0.15) is 23.2 Å². The molecule has 2 nitrogen and oxygen atoms in total. The van der Waals surface area contributed by atoms with Crippen LogP contribution in [-0.2, 0) is 18.9 Å². The Balaban J connectivity index is 1.92. The van der Waals surface area contributed by atoms with Gasteiger partial charge in [-0.3, -0.25) is 0 Å². The number of hydrogen-bond acceptors (Lipinski definition) is 3. The van der Waals surface area contributed by atoms with Crippen LogP contribution in [0.25, 0.3) is 0 Å². The summed E-state index contributed by atoms with van der Waals surface area (Å²) >= 11 is 7.27. The van der Waals surface area contributed by atoms with Gasteiger partial charge in [-0.05, 0) is 24.1 Å². The third-order valence-corrected chi connectivity index (χ3v) is 3.58. The van der Waals surface area contributed by atoms with Gasteiger partial charge in [-0.15, -0.1) is 22.9 Å². The molecule has 0 amide bonds. The maximum absolute atomic E-state index is 5.69. The molecule has 0 saturated heterocycles. The van der Waals surface area contributed by atoms with E-state index in [0.717, 1.165) is 22.9 Å². The Morgan fingerprint density at radius 3 is 2.65 bits per heavy atom. The SMILES string of the molecule is CCc1ccc(OCc2nc(CCl)cs2)cc1. The highest BCUT2D eigenvalue weighted by atomic mass is 35.5. The molecule has 0 atom stereocenters. The van der Waals surface area contributed by atoms with Gasteiger partial charge in [0.15, 0.2) is 0 Å². The normalized spacial score (nSPS) is 10.5. The summed E-state index contributed by atoms with van der Waals surface area (Å²) in [6.45, 7) is 2.64. The Bertz CT molecular complexity index is 467. The summed E-state index contributed by atoms with van der Waals surface area (Å²) in [6, 6.07) is 8.16. The Morgan fingerprint density at radius 1 is 1.29 bits per heavy atom. The van der Waals surface area contributed by atoms with Gasteiger partial charge in [0.1, 0.15) is 17.4 Å². The fraction of sp³-hybridized carbons (Fsp3) is 0.308. The first-order chi connectivity index (χ1) is 8.31. The molecule has 0 fully saturated rings. The number of rotatable bonds is 5. The quantitative estimate of drug-likeness (QED) is 0.764. The second kappa shape index (κ2) is 6.03. The highest BCUT2D eigenvalue weighted by Crippen LogP contribution is 2.17. The zero-order valence-corrected chi connectivity index (χ0v) is 11.2. The number of halogens is 1. The van der Waals surface area contributed by atoms with E-state index in [0.29, 0.717) is 12.5 Å². The number of ether oxygens (including phenoxy) is 1. The lowest BCUT2D eigenvalue weighted by atomic mass is 10.2. The van der Waals surface area contributed by atoms with E-state index in [-0.39, 0.29) is 0 Å². The van der Waals surface area contributed by atoms with Gasteiger partial charge >= 0.3 is 0 Å². The molecule has 0 aliphatic carbocycles. The first-order valence-electron chi connectivity index (χ1n) is 5.52. The Labute approximate surface area is 110 Å². The molecule has 0 N–H and O–H groups in total. The topological polar surface area (TPSA) is 22.1 Å². The van der Waals surface area contributed by atoms with Crippen molar-refractivity contribution in [1.29, 1.82) is 0 Å². The molecule has 1 heterocycles. The van der Waals surface area contributed by atoms with Crippen molar-refractivity contribution in [2.24, 2.45) is 0 Å². The fourth-order valence-corrected chi connectivity index (χ4v) is 2.38. The van der Waals surface area contributed by atoms with Gasteiger partial charge in [-0.2, -0.15) is 0 Å². The molecule has 0 radical (unpaired) electrons. The molecule has 2 rings (SSSR count). The molecule has 0 unspecified atom stereocenters. The molecule has 0 saturated carbocycles. The average Bonchev–Trinajstić information content (AvgIpc) is 2.85. The minimum atomic E-state index is 0.460. The predicted octanol–water partition coefficient (Wildman–Crippen LogP) is 4.02. The molecule has 4 heteroatoms. The van der Waals surface area contributed by atoms with Gasteiger partial charge in [0.2, 0.25) is 0 Å². The molecule has 0 bridgehead atoms. The van der Waals surface area contributed by atoms with Crippen molar-refractivity contribution in [3.63, 3.8) is 0 Å². The van der Waals surface area contributed by atoms with Crippen molar-refractivity contribution in [2.75, 3.05) is 0 Å². The molecular weight excluding hydrogens is 254 g/mol. The number of thiazole rings is 1. The number of nitrogens with zero attached hydrogens (tertiary/aromatic N) is 1. The number of alkyl halides is 1. The van der Waals surface area contributed by atoms with Crippen molar-refractivity contribution >= 4 is 22.9 Å². The van der Waals surface area contributed by atoms with Crippen LogP contribution in [0, 0.1) is 0 Å². The maximum atomic E-state index is 5.69. The van der Waals surface area contributed by atoms with E-state index in [2.05, 4.69) is 24.0 Å². The van der Waals surface area contributed by atoms with Crippen LogP contribution in [0.3, 0.4) is 0 Å². The van der Waals surface area contributed by atoms with E-state index in [9.17, 15) is 0 Å². The molecule has 0 spiro atoms. The Morgan fingerprint density at radius 2 is 2.06 bits per heavy atom. The minimum absolute atomic E-state index is 0.460. The molecule has 17 heavy (non-hydrogen) atoms. The Kier molecular flexibility index (Phi) is 4.40. The van der Waals surface area contributed by atoms with Gasteiger partial charge in [0, 0.05) is 5.38 Å². The van der Waals surface area contributed by atoms with Gasteiger partial charge in [-0.1, -0.05) is 19.1 Å². The van der Waals surface area contributed by atoms with E-state index < -0.39 is 0 Å². The van der Waals surface area contributed by atoms with Crippen molar-refractivity contribution in [3.05, 3.63) is 45.9 Å². The molecule has 1 aromatic carbocycles. The second-order valence-corrected chi connectivity index (χ2v) is 4.86. The van der Waals surface area contributed by atoms with Gasteiger partial charge in [0.25, 0.3) is 0 Å². The third kappa shape index (κ3) is 3.45. The van der Waals surface area contributed by atoms with Crippen LogP contribution in [0.5, 0.6) is 5.75 Å². The van der Waals surface area contributed by atoms with Crippen molar-refractivity contribution < 1.29 is 4.74 Å². The summed E-state index contributed by atoms with van der Waals surface area (Å²) in [6.07, 6.45) is 1.05. The van der Waals surface area contributed by atoms with Crippen LogP contribution < -0.4 is 4.74 Å². The molecule has 0 aliphatic heterocycles. The van der Waals surface area contributed by atoms with Gasteiger partial charge in [-0.25, -0.2) is 4.98 Å². The van der Waals surface area contributed by atoms with Crippen molar-refractivity contribution in [3.8, 4) is 5.75 Å². The Hall–Kier alpha value is -1.06. The molecule has 2 aromatic rings. The first-order valence-corrected chi connectivity index (χ1v) is 6.94. The fourth-order valence-electron chi connectivity index (χ4n) is 1.44. The van der Waals surface area contributed by atoms with Crippen molar-refractivity contribution in [2.45, 2.75) is 25.8 Å². The summed E-state index contributed by atoms with van der Waals surface area (Å²) in [7, 11) is 0. The lowest BCUT2D eigenvalue weighted by Gasteiger charge is -2.04. The average molecular weight is 268 g/mol. The van der Waals surface area contributed by atoms with Crippen LogP contribution in [0.4, 0.5) is 0 Å². The molecule has 0 aliphatic rings. The summed E-state index contributed by atoms with van der Waals surface area (Å²) in [4.78, 5) is 4.34. The van der Waals surface area contributed by atoms with Gasteiger partial charge < -0.3 is 4.74 Å². The zero-order valence-electron chi connectivity index (χ0n) is 9.65. The largest absolute Gasteiger partial charge is 0.486 e.